The number of ether oxygens (including phenoxy) is 1. The first-order valence-electron chi connectivity index (χ1n) is 6.93. The Labute approximate surface area is 128 Å². The minimum atomic E-state index is 0.365. The number of benzene rings is 2. The number of rotatable bonds is 2. The van der Waals surface area contributed by atoms with Gasteiger partial charge in [-0.15, -0.1) is 0 Å². The summed E-state index contributed by atoms with van der Waals surface area (Å²) in [6.45, 7) is 2.39. The lowest BCUT2D eigenvalue weighted by molar-refractivity contribution is 0.0926. The Balaban J connectivity index is 1.66. The van der Waals surface area contributed by atoms with Crippen LogP contribution in [-0.4, -0.2) is 12.6 Å². The van der Waals surface area contributed by atoms with E-state index >= 15 is 0 Å². The van der Waals surface area contributed by atoms with Crippen molar-refractivity contribution >= 4 is 15.9 Å². The van der Waals surface area contributed by atoms with Crippen LogP contribution in [0, 0.1) is 0 Å². The van der Waals surface area contributed by atoms with Crippen LogP contribution in [-0.2, 0) is 24.3 Å². The largest absolute Gasteiger partial charge is 0.375 e. The number of fused-ring (bicyclic) bond motifs is 1. The van der Waals surface area contributed by atoms with Gasteiger partial charge in [-0.3, -0.25) is 0 Å². The van der Waals surface area contributed by atoms with Crippen molar-refractivity contribution in [3.05, 3.63) is 69.7 Å². The van der Waals surface area contributed by atoms with Crippen LogP contribution in [0.5, 0.6) is 0 Å². The van der Waals surface area contributed by atoms with E-state index in [-0.39, 0.29) is 0 Å². The zero-order valence-electron chi connectivity index (χ0n) is 11.3. The van der Waals surface area contributed by atoms with Crippen molar-refractivity contribution in [1.29, 1.82) is 0 Å². The molecule has 1 unspecified atom stereocenters. The van der Waals surface area contributed by atoms with E-state index in [1.807, 2.05) is 0 Å². The normalized spacial score (nSPS) is 18.9. The maximum absolute atomic E-state index is 5.84. The molecule has 0 aliphatic carbocycles. The third-order valence-electron chi connectivity index (χ3n) is 3.67. The van der Waals surface area contributed by atoms with E-state index in [0.717, 1.165) is 24.0 Å². The van der Waals surface area contributed by atoms with Gasteiger partial charge >= 0.3 is 0 Å². The van der Waals surface area contributed by atoms with E-state index in [1.54, 1.807) is 0 Å². The zero-order chi connectivity index (χ0) is 13.8. The van der Waals surface area contributed by atoms with Crippen molar-refractivity contribution in [3.8, 4) is 0 Å². The van der Waals surface area contributed by atoms with E-state index in [4.69, 9.17) is 4.74 Å². The summed E-state index contributed by atoms with van der Waals surface area (Å²) >= 11 is 3.47. The molecule has 0 amide bonds. The molecule has 0 saturated heterocycles. The van der Waals surface area contributed by atoms with E-state index < -0.39 is 0 Å². The van der Waals surface area contributed by atoms with Crippen molar-refractivity contribution in [2.24, 2.45) is 0 Å². The monoisotopic (exact) mass is 331 g/mol. The molecule has 104 valence electrons. The fourth-order valence-corrected chi connectivity index (χ4v) is 2.80. The van der Waals surface area contributed by atoms with E-state index in [1.165, 1.54) is 16.7 Å². The maximum atomic E-state index is 5.84. The average Bonchev–Trinajstić information content (AvgIpc) is 2.45. The minimum absolute atomic E-state index is 0.365. The van der Waals surface area contributed by atoms with Crippen LogP contribution in [0.15, 0.2) is 53.0 Å². The first kappa shape index (κ1) is 13.8. The quantitative estimate of drug-likeness (QED) is 0.906. The number of hydrogen-bond acceptors (Lipinski definition) is 2. The van der Waals surface area contributed by atoms with Crippen LogP contribution in [0.4, 0.5) is 0 Å². The van der Waals surface area contributed by atoms with E-state index in [0.29, 0.717) is 12.6 Å². The summed E-state index contributed by atoms with van der Waals surface area (Å²) < 4.78 is 6.96. The lowest BCUT2D eigenvalue weighted by Gasteiger charge is -2.23. The van der Waals surface area contributed by atoms with Gasteiger partial charge in [-0.05, 0) is 35.2 Å². The molecule has 3 rings (SSSR count). The predicted molar refractivity (Wildman–Crippen MR) is 84.6 cm³/mol. The summed E-state index contributed by atoms with van der Waals surface area (Å²) in [6, 6.07) is 17.4. The third-order valence-corrected chi connectivity index (χ3v) is 4.20. The van der Waals surface area contributed by atoms with Gasteiger partial charge in [0.05, 0.1) is 13.2 Å². The Morgan fingerprint density at radius 1 is 1.05 bits per heavy atom. The predicted octanol–water partition coefficient (Wildman–Crippen LogP) is 3.68. The van der Waals surface area contributed by atoms with Crippen molar-refractivity contribution in [3.63, 3.8) is 0 Å². The van der Waals surface area contributed by atoms with Crippen LogP contribution in [0.25, 0.3) is 0 Å². The topological polar surface area (TPSA) is 21.3 Å². The number of hydrogen-bond donors (Lipinski definition) is 1. The molecule has 20 heavy (non-hydrogen) atoms. The summed E-state index contributed by atoms with van der Waals surface area (Å²) in [4.78, 5) is 0. The molecule has 1 aliphatic rings. The van der Waals surface area contributed by atoms with Crippen molar-refractivity contribution < 1.29 is 4.74 Å². The molecule has 0 fully saturated rings. The molecule has 0 spiro atoms. The van der Waals surface area contributed by atoms with Crippen LogP contribution in [0.3, 0.4) is 0 Å². The van der Waals surface area contributed by atoms with Gasteiger partial charge in [-0.2, -0.15) is 0 Å². The maximum Gasteiger partial charge on any atom is 0.0720 e. The summed E-state index contributed by atoms with van der Waals surface area (Å²) in [7, 11) is 0. The smallest absolute Gasteiger partial charge is 0.0720 e. The SMILES string of the molecule is Brc1ccc(CC2COCc3ccccc3CN2)cc1. The van der Waals surface area contributed by atoms with Gasteiger partial charge in [-0.25, -0.2) is 0 Å². The van der Waals surface area contributed by atoms with Crippen LogP contribution >= 0.6 is 15.9 Å². The molecule has 0 bridgehead atoms. The van der Waals surface area contributed by atoms with Gasteiger partial charge in [0.25, 0.3) is 0 Å². The highest BCUT2D eigenvalue weighted by Crippen LogP contribution is 2.16. The standard InChI is InChI=1S/C17H18BrNO/c18-16-7-5-13(6-8-16)9-17-12-20-11-15-4-2-1-3-14(15)10-19-17/h1-8,17,19H,9-12H2. The molecule has 2 aromatic carbocycles. The average molecular weight is 332 g/mol. The lowest BCUT2D eigenvalue weighted by atomic mass is 10.0. The summed E-state index contributed by atoms with van der Waals surface area (Å²) in [5.74, 6) is 0. The van der Waals surface area contributed by atoms with Crippen LogP contribution < -0.4 is 5.32 Å². The third kappa shape index (κ3) is 3.48. The number of halogens is 1. The molecule has 0 saturated carbocycles. The Morgan fingerprint density at radius 2 is 1.80 bits per heavy atom. The highest BCUT2D eigenvalue weighted by molar-refractivity contribution is 9.10. The molecule has 0 aromatic heterocycles. The van der Waals surface area contributed by atoms with Crippen LogP contribution in [0.1, 0.15) is 16.7 Å². The van der Waals surface area contributed by atoms with E-state index in [2.05, 4.69) is 69.8 Å². The molecular formula is C17H18BrNO. The van der Waals surface area contributed by atoms with Gasteiger partial charge < -0.3 is 10.1 Å². The highest BCUT2D eigenvalue weighted by Gasteiger charge is 2.14. The Bertz CT molecular complexity index is 567. The molecule has 2 nitrogen and oxygen atoms in total. The van der Waals surface area contributed by atoms with Gasteiger partial charge in [0.1, 0.15) is 0 Å². The molecule has 3 heteroatoms. The number of nitrogens with one attached hydrogen (secondary N) is 1. The molecule has 1 aliphatic heterocycles. The second kappa shape index (κ2) is 6.53. The minimum Gasteiger partial charge on any atom is -0.375 e. The second-order valence-corrected chi connectivity index (χ2v) is 6.11. The highest BCUT2D eigenvalue weighted by atomic mass is 79.9. The van der Waals surface area contributed by atoms with Crippen molar-refractivity contribution in [2.45, 2.75) is 25.6 Å². The second-order valence-electron chi connectivity index (χ2n) is 5.19. The molecular weight excluding hydrogens is 314 g/mol. The summed E-state index contributed by atoms with van der Waals surface area (Å²) in [6.07, 6.45) is 0.995. The van der Waals surface area contributed by atoms with Gasteiger partial charge in [0.15, 0.2) is 0 Å². The van der Waals surface area contributed by atoms with Crippen molar-refractivity contribution in [1.82, 2.24) is 5.32 Å². The molecule has 2 aromatic rings. The van der Waals surface area contributed by atoms with Crippen molar-refractivity contribution in [2.75, 3.05) is 6.61 Å². The van der Waals surface area contributed by atoms with Gasteiger partial charge in [-0.1, -0.05) is 52.3 Å². The first-order chi connectivity index (χ1) is 9.81. The molecule has 1 atom stereocenters. The summed E-state index contributed by atoms with van der Waals surface area (Å²) in [5.41, 5.74) is 3.97. The fraction of sp³-hybridized carbons (Fsp3) is 0.294. The molecule has 1 N–H and O–H groups in total. The van der Waals surface area contributed by atoms with Crippen LogP contribution in [0.2, 0.25) is 0 Å². The molecule has 1 heterocycles. The van der Waals surface area contributed by atoms with E-state index in [9.17, 15) is 0 Å². The lowest BCUT2D eigenvalue weighted by Crippen LogP contribution is -2.36. The summed E-state index contributed by atoms with van der Waals surface area (Å²) in [5, 5.41) is 3.60. The molecule has 0 radical (unpaired) electrons. The Kier molecular flexibility index (Phi) is 4.51. The zero-order valence-corrected chi connectivity index (χ0v) is 12.9. The van der Waals surface area contributed by atoms with Gasteiger partial charge in [0.2, 0.25) is 0 Å². The fourth-order valence-electron chi connectivity index (χ4n) is 2.53. The first-order valence-corrected chi connectivity index (χ1v) is 7.73. The van der Waals surface area contributed by atoms with Gasteiger partial charge in [0, 0.05) is 17.1 Å². The Morgan fingerprint density at radius 3 is 2.60 bits per heavy atom. The Hall–Kier alpha value is -1.16.